The van der Waals surface area contributed by atoms with Crippen LogP contribution in [0.15, 0.2) is 0 Å². The first-order valence-electron chi connectivity index (χ1n) is 6.24. The van der Waals surface area contributed by atoms with Crippen molar-refractivity contribution in [2.45, 2.75) is 73.3 Å². The fraction of sp³-hybridized carbons (Fsp3) is 0.929. The first kappa shape index (κ1) is 15.5. The minimum Gasteiger partial charge on any atom is -0.460 e. The number of hydrogen-bond donors (Lipinski definition) is 0. The predicted octanol–water partition coefficient (Wildman–Crippen LogP) is 4.18. The average Bonchev–Trinajstić information content (AvgIpc) is 1.98. The molecule has 0 radical (unpaired) electrons. The maximum Gasteiger partial charge on any atom is 0.309 e. The number of carbonyl (C=O) groups excluding carboxylic acids is 1. The van der Waals surface area contributed by atoms with E-state index in [9.17, 15) is 4.79 Å². The highest BCUT2D eigenvalue weighted by Gasteiger charge is 2.21. The maximum atomic E-state index is 11.7. The summed E-state index contributed by atoms with van der Waals surface area (Å²) in [6.07, 6.45) is 3.16. The Bertz CT molecular complexity index is 218. The molecule has 0 rings (SSSR count). The van der Waals surface area contributed by atoms with Crippen LogP contribution in [0.2, 0.25) is 0 Å². The van der Waals surface area contributed by atoms with Crippen molar-refractivity contribution in [3.8, 4) is 0 Å². The third-order valence-electron chi connectivity index (χ3n) is 2.37. The highest BCUT2D eigenvalue weighted by molar-refractivity contribution is 5.72. The lowest BCUT2D eigenvalue weighted by Crippen LogP contribution is -2.27. The highest BCUT2D eigenvalue weighted by atomic mass is 16.6. The van der Waals surface area contributed by atoms with Crippen LogP contribution in [-0.4, -0.2) is 11.6 Å². The fourth-order valence-corrected chi connectivity index (χ4v) is 1.46. The van der Waals surface area contributed by atoms with Crippen LogP contribution in [0.5, 0.6) is 0 Å². The smallest absolute Gasteiger partial charge is 0.309 e. The third-order valence-corrected chi connectivity index (χ3v) is 2.37. The van der Waals surface area contributed by atoms with Crippen LogP contribution in [0.3, 0.4) is 0 Å². The van der Waals surface area contributed by atoms with E-state index in [1.165, 1.54) is 0 Å². The summed E-state index contributed by atoms with van der Waals surface area (Å²) in [5, 5.41) is 0. The second-order valence-corrected chi connectivity index (χ2v) is 6.89. The summed E-state index contributed by atoms with van der Waals surface area (Å²) in [6, 6.07) is 0. The molecule has 0 aromatic carbocycles. The van der Waals surface area contributed by atoms with Gasteiger partial charge in [0.15, 0.2) is 0 Å². The number of esters is 1. The lowest BCUT2D eigenvalue weighted by molar-refractivity contribution is -0.159. The van der Waals surface area contributed by atoms with Crippen LogP contribution < -0.4 is 0 Å². The van der Waals surface area contributed by atoms with Crippen LogP contribution in [0.1, 0.15) is 67.7 Å². The molecule has 0 aliphatic heterocycles. The van der Waals surface area contributed by atoms with Crippen LogP contribution in [0.4, 0.5) is 0 Å². The average molecular weight is 228 g/mol. The molecule has 1 unspecified atom stereocenters. The summed E-state index contributed by atoms with van der Waals surface area (Å²) in [6.45, 7) is 14.4. The number of hydrogen-bond acceptors (Lipinski definition) is 2. The van der Waals surface area contributed by atoms with Crippen molar-refractivity contribution in [2.24, 2.45) is 11.3 Å². The summed E-state index contributed by atoms with van der Waals surface area (Å²) >= 11 is 0. The van der Waals surface area contributed by atoms with E-state index in [2.05, 4.69) is 20.8 Å². The first-order valence-corrected chi connectivity index (χ1v) is 6.24. The topological polar surface area (TPSA) is 26.3 Å². The van der Waals surface area contributed by atoms with Gasteiger partial charge in [-0.1, -0.05) is 34.1 Å². The molecule has 0 aromatic heterocycles. The fourth-order valence-electron chi connectivity index (χ4n) is 1.46. The quantitative estimate of drug-likeness (QED) is 0.675. The Labute approximate surface area is 101 Å². The Morgan fingerprint density at radius 2 is 1.62 bits per heavy atom. The van der Waals surface area contributed by atoms with Gasteiger partial charge < -0.3 is 4.74 Å². The summed E-state index contributed by atoms with van der Waals surface area (Å²) in [4.78, 5) is 11.7. The second kappa shape index (κ2) is 5.70. The van der Waals surface area contributed by atoms with E-state index in [1.54, 1.807) is 0 Å². The van der Waals surface area contributed by atoms with Gasteiger partial charge >= 0.3 is 5.97 Å². The van der Waals surface area contributed by atoms with Crippen LogP contribution in [0, 0.1) is 11.3 Å². The lowest BCUT2D eigenvalue weighted by atomic mass is 9.88. The van der Waals surface area contributed by atoms with E-state index >= 15 is 0 Å². The molecule has 2 heteroatoms. The van der Waals surface area contributed by atoms with Gasteiger partial charge in [-0.2, -0.15) is 0 Å². The number of rotatable bonds is 4. The normalized spacial score (nSPS) is 14.7. The molecule has 0 fully saturated rings. The molecule has 0 aromatic rings. The molecule has 96 valence electrons. The number of carbonyl (C=O) groups is 1. The monoisotopic (exact) mass is 228 g/mol. The van der Waals surface area contributed by atoms with Crippen molar-refractivity contribution in [1.82, 2.24) is 0 Å². The van der Waals surface area contributed by atoms with Gasteiger partial charge in [0.1, 0.15) is 5.60 Å². The molecule has 0 amide bonds. The zero-order valence-corrected chi connectivity index (χ0v) is 12.0. The summed E-state index contributed by atoms with van der Waals surface area (Å²) in [5.74, 6) is -0.0528. The van der Waals surface area contributed by atoms with Crippen molar-refractivity contribution < 1.29 is 9.53 Å². The molecule has 16 heavy (non-hydrogen) atoms. The zero-order valence-electron chi connectivity index (χ0n) is 12.0. The van der Waals surface area contributed by atoms with Crippen LogP contribution >= 0.6 is 0 Å². The van der Waals surface area contributed by atoms with Crippen molar-refractivity contribution in [3.05, 3.63) is 0 Å². The van der Waals surface area contributed by atoms with Gasteiger partial charge in [0, 0.05) is 0 Å². The van der Waals surface area contributed by atoms with Gasteiger partial charge in [-0.25, -0.2) is 0 Å². The van der Waals surface area contributed by atoms with E-state index in [0.717, 1.165) is 19.3 Å². The minimum atomic E-state index is -0.366. The predicted molar refractivity (Wildman–Crippen MR) is 68.3 cm³/mol. The Kier molecular flexibility index (Phi) is 5.51. The molecule has 1 atom stereocenters. The van der Waals surface area contributed by atoms with E-state index < -0.39 is 0 Å². The molecule has 0 N–H and O–H groups in total. The van der Waals surface area contributed by atoms with E-state index in [1.807, 2.05) is 27.7 Å². The molecule has 0 aliphatic rings. The molecule has 0 saturated heterocycles. The summed E-state index contributed by atoms with van der Waals surface area (Å²) in [5.41, 5.74) is -0.0109. The van der Waals surface area contributed by atoms with E-state index in [-0.39, 0.29) is 17.5 Å². The molecule has 0 saturated carbocycles. The van der Waals surface area contributed by atoms with Crippen molar-refractivity contribution in [3.63, 3.8) is 0 Å². The van der Waals surface area contributed by atoms with Gasteiger partial charge in [0.2, 0.25) is 0 Å². The minimum absolute atomic E-state index is 0.0153. The van der Waals surface area contributed by atoms with Crippen molar-refractivity contribution >= 4 is 5.97 Å². The molecule has 2 nitrogen and oxygen atoms in total. The largest absolute Gasteiger partial charge is 0.460 e. The highest BCUT2D eigenvalue weighted by Crippen LogP contribution is 2.24. The van der Waals surface area contributed by atoms with Gasteiger partial charge in [0.25, 0.3) is 0 Å². The second-order valence-electron chi connectivity index (χ2n) is 6.89. The Morgan fingerprint density at radius 1 is 1.12 bits per heavy atom. The summed E-state index contributed by atoms with van der Waals surface area (Å²) in [7, 11) is 0. The molecular formula is C14H28O2. The van der Waals surface area contributed by atoms with Crippen LogP contribution in [-0.2, 0) is 9.53 Å². The molecule has 0 bridgehead atoms. The molecule has 0 aliphatic carbocycles. The third kappa shape index (κ3) is 8.75. The Balaban J connectivity index is 3.89. The molecule has 0 heterocycles. The Hall–Kier alpha value is -0.530. The maximum absolute atomic E-state index is 11.7. The zero-order chi connectivity index (χ0) is 13.0. The van der Waals surface area contributed by atoms with E-state index in [0.29, 0.717) is 5.41 Å². The first-order chi connectivity index (χ1) is 7.01. The van der Waals surface area contributed by atoms with Gasteiger partial charge in [-0.15, -0.1) is 0 Å². The SMILES string of the molecule is CC(CCCC(C)(C)C)C(=O)OC(C)(C)C. The summed E-state index contributed by atoms with van der Waals surface area (Å²) < 4.78 is 5.34. The van der Waals surface area contributed by atoms with Crippen LogP contribution in [0.25, 0.3) is 0 Å². The molecule has 0 spiro atoms. The molecular weight excluding hydrogens is 200 g/mol. The van der Waals surface area contributed by atoms with Gasteiger partial charge in [-0.3, -0.25) is 4.79 Å². The van der Waals surface area contributed by atoms with Gasteiger partial charge in [0.05, 0.1) is 5.92 Å². The number of ether oxygens (including phenoxy) is 1. The Morgan fingerprint density at radius 3 is 2.00 bits per heavy atom. The van der Waals surface area contributed by atoms with Crippen molar-refractivity contribution in [1.29, 1.82) is 0 Å². The van der Waals surface area contributed by atoms with Crippen molar-refractivity contribution in [2.75, 3.05) is 0 Å². The standard InChI is InChI=1S/C14H28O2/c1-11(9-8-10-13(2,3)4)12(15)16-14(5,6)7/h11H,8-10H2,1-7H3. The lowest BCUT2D eigenvalue weighted by Gasteiger charge is -2.23. The van der Waals surface area contributed by atoms with Gasteiger partial charge in [-0.05, 0) is 39.0 Å². The van der Waals surface area contributed by atoms with E-state index in [4.69, 9.17) is 4.74 Å².